The normalized spacial score (nSPS) is 18.5. The van der Waals surface area contributed by atoms with Crippen molar-refractivity contribution in [3.8, 4) is 11.4 Å². The van der Waals surface area contributed by atoms with Crippen LogP contribution in [0.5, 0.6) is 5.75 Å². The first-order valence-corrected chi connectivity index (χ1v) is 12.0. The molecule has 4 aromatic rings. The zero-order chi connectivity index (χ0) is 23.8. The fraction of sp³-hybridized carbons (Fsp3) is 0.333. The van der Waals surface area contributed by atoms with Crippen molar-refractivity contribution in [3.63, 3.8) is 0 Å². The molecule has 3 heterocycles. The van der Waals surface area contributed by atoms with Crippen LogP contribution in [0.25, 0.3) is 22.4 Å². The molecule has 0 N–H and O–H groups in total. The lowest BCUT2D eigenvalue weighted by Crippen LogP contribution is -2.48. The van der Waals surface area contributed by atoms with Gasteiger partial charge in [-0.1, -0.05) is 30.0 Å². The predicted molar refractivity (Wildman–Crippen MR) is 130 cm³/mol. The van der Waals surface area contributed by atoms with Crippen LogP contribution in [-0.2, 0) is 9.53 Å². The second-order valence-corrected chi connectivity index (χ2v) is 9.26. The number of para-hydroxylation sites is 1. The van der Waals surface area contributed by atoms with Crippen LogP contribution in [0.15, 0.2) is 58.5 Å². The summed E-state index contributed by atoms with van der Waals surface area (Å²) < 4.78 is 14.4. The lowest BCUT2D eigenvalue weighted by atomic mass is 10.2. The third-order valence-electron chi connectivity index (χ3n) is 5.80. The largest absolute Gasteiger partial charge is 0.497 e. The number of carbonyl (C=O) groups excluding carboxylic acids is 1. The average molecular weight is 480 g/mol. The van der Waals surface area contributed by atoms with Crippen molar-refractivity contribution in [2.45, 2.75) is 31.2 Å². The standard InChI is InChI=1S/C24H25N5O4S/c1-15-12-27(13-16(2)33-15)21(30)14-34-24-26-25-23-28(17-7-6-8-18(11-17)32-3)22(31)19-9-4-5-10-20(19)29(23)24/h4-11,15-16H,12-14H2,1-3H3. The summed E-state index contributed by atoms with van der Waals surface area (Å²) in [6, 6.07) is 14.6. The molecule has 2 unspecified atom stereocenters. The highest BCUT2D eigenvalue weighted by Gasteiger charge is 2.26. The number of thioether (sulfide) groups is 1. The maximum absolute atomic E-state index is 13.4. The van der Waals surface area contributed by atoms with Gasteiger partial charge in [-0.15, -0.1) is 10.2 Å². The van der Waals surface area contributed by atoms with Gasteiger partial charge in [0.1, 0.15) is 5.75 Å². The summed E-state index contributed by atoms with van der Waals surface area (Å²) in [6.45, 7) is 5.09. The quantitative estimate of drug-likeness (QED) is 0.407. The van der Waals surface area contributed by atoms with Gasteiger partial charge in [0, 0.05) is 19.2 Å². The zero-order valence-corrected chi connectivity index (χ0v) is 20.0. The third kappa shape index (κ3) is 4.03. The number of hydrogen-bond acceptors (Lipinski definition) is 7. The van der Waals surface area contributed by atoms with Crippen LogP contribution in [0.1, 0.15) is 13.8 Å². The van der Waals surface area contributed by atoms with Crippen LogP contribution in [0.4, 0.5) is 0 Å². The van der Waals surface area contributed by atoms with Crippen molar-refractivity contribution < 1.29 is 14.3 Å². The van der Waals surface area contributed by atoms with Crippen molar-refractivity contribution >= 4 is 34.3 Å². The van der Waals surface area contributed by atoms with Gasteiger partial charge in [-0.3, -0.25) is 14.0 Å². The van der Waals surface area contributed by atoms with Gasteiger partial charge < -0.3 is 14.4 Å². The highest BCUT2D eigenvalue weighted by Crippen LogP contribution is 2.25. The lowest BCUT2D eigenvalue weighted by molar-refractivity contribution is -0.140. The number of methoxy groups -OCH3 is 1. The van der Waals surface area contributed by atoms with Gasteiger partial charge in [0.25, 0.3) is 5.56 Å². The van der Waals surface area contributed by atoms with E-state index in [1.54, 1.807) is 19.2 Å². The Bertz CT molecular complexity index is 1420. The van der Waals surface area contributed by atoms with E-state index >= 15 is 0 Å². The highest BCUT2D eigenvalue weighted by atomic mass is 32.2. The summed E-state index contributed by atoms with van der Waals surface area (Å²) in [4.78, 5) is 28.2. The van der Waals surface area contributed by atoms with Gasteiger partial charge in [-0.2, -0.15) is 0 Å². The average Bonchev–Trinajstić information content (AvgIpc) is 3.26. The molecule has 2 aromatic carbocycles. The van der Waals surface area contributed by atoms with Crippen molar-refractivity contribution in [1.29, 1.82) is 0 Å². The lowest BCUT2D eigenvalue weighted by Gasteiger charge is -2.35. The van der Waals surface area contributed by atoms with E-state index in [1.807, 2.05) is 59.5 Å². The van der Waals surface area contributed by atoms with Crippen molar-refractivity contribution in [2.24, 2.45) is 0 Å². The Morgan fingerprint density at radius 3 is 2.65 bits per heavy atom. The number of hydrogen-bond donors (Lipinski definition) is 0. The van der Waals surface area contributed by atoms with Gasteiger partial charge in [0.2, 0.25) is 11.7 Å². The number of fused-ring (bicyclic) bond motifs is 3. The Balaban J connectivity index is 1.56. The predicted octanol–water partition coefficient (Wildman–Crippen LogP) is 2.77. The number of nitrogens with zero attached hydrogens (tertiary/aromatic N) is 5. The van der Waals surface area contributed by atoms with Crippen LogP contribution in [0.3, 0.4) is 0 Å². The number of ether oxygens (including phenoxy) is 2. The fourth-order valence-corrected chi connectivity index (χ4v) is 5.20. The Kier molecular flexibility index (Phi) is 6.01. The molecule has 2 atom stereocenters. The van der Waals surface area contributed by atoms with E-state index in [0.29, 0.717) is 46.4 Å². The monoisotopic (exact) mass is 479 g/mol. The maximum atomic E-state index is 13.4. The Labute approximate surface area is 200 Å². The van der Waals surface area contributed by atoms with Crippen molar-refractivity contribution in [3.05, 3.63) is 58.9 Å². The third-order valence-corrected chi connectivity index (χ3v) is 6.72. The molecule has 9 nitrogen and oxygen atoms in total. The molecule has 10 heteroatoms. The van der Waals surface area contributed by atoms with Gasteiger partial charge in [0.15, 0.2) is 5.16 Å². The van der Waals surface area contributed by atoms with E-state index < -0.39 is 0 Å². The summed E-state index contributed by atoms with van der Waals surface area (Å²) in [6.07, 6.45) is 0.0146. The molecule has 176 valence electrons. The van der Waals surface area contributed by atoms with Gasteiger partial charge in [-0.05, 0) is 38.1 Å². The molecule has 2 aromatic heterocycles. The van der Waals surface area contributed by atoms with Crippen LogP contribution in [0, 0.1) is 0 Å². The molecule has 0 spiro atoms. The Morgan fingerprint density at radius 2 is 1.88 bits per heavy atom. The van der Waals surface area contributed by atoms with E-state index in [1.165, 1.54) is 16.3 Å². The van der Waals surface area contributed by atoms with Crippen LogP contribution >= 0.6 is 11.8 Å². The molecule has 1 aliphatic heterocycles. The van der Waals surface area contributed by atoms with E-state index in [4.69, 9.17) is 9.47 Å². The van der Waals surface area contributed by atoms with E-state index in [2.05, 4.69) is 10.2 Å². The molecule has 5 rings (SSSR count). The smallest absolute Gasteiger partial charge is 0.267 e. The van der Waals surface area contributed by atoms with E-state index in [9.17, 15) is 9.59 Å². The molecule has 1 aliphatic rings. The Morgan fingerprint density at radius 1 is 1.12 bits per heavy atom. The summed E-state index contributed by atoms with van der Waals surface area (Å²) in [7, 11) is 1.58. The summed E-state index contributed by atoms with van der Waals surface area (Å²) in [5, 5.41) is 9.77. The molecule has 0 radical (unpaired) electrons. The number of benzene rings is 2. The SMILES string of the molecule is COc1cccc(-n2c(=O)c3ccccc3n3c(SCC(=O)N4CC(C)OC(C)C4)nnc23)c1. The number of aromatic nitrogens is 4. The molecule has 0 bridgehead atoms. The van der Waals surface area contributed by atoms with Crippen LogP contribution in [-0.4, -0.2) is 68.1 Å². The summed E-state index contributed by atoms with van der Waals surface area (Å²) in [5.74, 6) is 1.24. The maximum Gasteiger partial charge on any atom is 0.267 e. The molecular weight excluding hydrogens is 454 g/mol. The minimum atomic E-state index is -0.201. The van der Waals surface area contributed by atoms with Gasteiger partial charge >= 0.3 is 0 Å². The number of carbonyl (C=O) groups is 1. The Hall–Kier alpha value is -3.37. The van der Waals surface area contributed by atoms with Gasteiger partial charge in [0.05, 0.1) is 41.7 Å². The van der Waals surface area contributed by atoms with E-state index in [-0.39, 0.29) is 29.4 Å². The van der Waals surface area contributed by atoms with Gasteiger partial charge in [-0.25, -0.2) is 4.57 Å². The minimum absolute atomic E-state index is 0.00728. The van der Waals surface area contributed by atoms with Crippen molar-refractivity contribution in [2.75, 3.05) is 26.0 Å². The molecule has 1 fully saturated rings. The highest BCUT2D eigenvalue weighted by molar-refractivity contribution is 7.99. The second-order valence-electron chi connectivity index (χ2n) is 8.32. The zero-order valence-electron chi connectivity index (χ0n) is 19.2. The van der Waals surface area contributed by atoms with E-state index in [0.717, 1.165) is 0 Å². The number of rotatable bonds is 5. The van der Waals surface area contributed by atoms with Crippen molar-refractivity contribution in [1.82, 2.24) is 24.1 Å². The number of morpholine rings is 1. The summed E-state index contributed by atoms with van der Waals surface area (Å²) >= 11 is 1.31. The first-order valence-electron chi connectivity index (χ1n) is 11.1. The number of amides is 1. The molecule has 1 saturated heterocycles. The topological polar surface area (TPSA) is 91.0 Å². The van der Waals surface area contributed by atoms with Crippen LogP contribution in [0.2, 0.25) is 0 Å². The molecular formula is C24H25N5O4S. The minimum Gasteiger partial charge on any atom is -0.497 e. The molecule has 34 heavy (non-hydrogen) atoms. The fourth-order valence-electron chi connectivity index (χ4n) is 4.35. The first-order chi connectivity index (χ1) is 16.5. The molecule has 1 amide bonds. The van der Waals surface area contributed by atoms with Crippen LogP contribution < -0.4 is 10.3 Å². The first kappa shape index (κ1) is 22.4. The second kappa shape index (κ2) is 9.11. The molecule has 0 saturated carbocycles. The molecule has 0 aliphatic carbocycles. The summed E-state index contributed by atoms with van der Waals surface area (Å²) in [5.41, 5.74) is 1.11.